The molecule has 0 aromatic heterocycles. The molecule has 1 unspecified atom stereocenters. The molecule has 15 heavy (non-hydrogen) atoms. The third-order valence-corrected chi connectivity index (χ3v) is 2.56. The van der Waals surface area contributed by atoms with E-state index in [1.54, 1.807) is 12.1 Å². The van der Waals surface area contributed by atoms with Crippen LogP contribution in [0.2, 0.25) is 10.0 Å². The predicted molar refractivity (Wildman–Crippen MR) is 57.3 cm³/mol. The minimum atomic E-state index is -2.54. The van der Waals surface area contributed by atoms with E-state index in [2.05, 4.69) is 5.43 Å². The van der Waals surface area contributed by atoms with Crippen molar-refractivity contribution < 1.29 is 8.78 Å². The Balaban J connectivity index is 2.79. The standard InChI is InChI=1S/C9H10Cl2F2N2/c10-6-2-1-5(7(11)4-6)3-8(15-14)9(12)13/h1-2,4,8-9,15H,3,14H2. The Bertz CT molecular complexity index is 334. The molecule has 0 radical (unpaired) electrons. The Kier molecular flexibility index (Phi) is 4.73. The molecule has 0 aliphatic rings. The van der Waals surface area contributed by atoms with Gasteiger partial charge in [0, 0.05) is 10.0 Å². The Hall–Kier alpha value is -0.420. The summed E-state index contributed by atoms with van der Waals surface area (Å²) in [6.45, 7) is 0. The Labute approximate surface area is 96.3 Å². The molecule has 0 heterocycles. The first-order chi connectivity index (χ1) is 7.04. The molecule has 0 spiro atoms. The van der Waals surface area contributed by atoms with E-state index in [-0.39, 0.29) is 6.42 Å². The number of alkyl halides is 2. The number of benzene rings is 1. The lowest BCUT2D eigenvalue weighted by atomic mass is 10.1. The van der Waals surface area contributed by atoms with Gasteiger partial charge in [0.2, 0.25) is 0 Å². The molecule has 0 saturated heterocycles. The van der Waals surface area contributed by atoms with E-state index < -0.39 is 12.5 Å². The molecule has 6 heteroatoms. The fourth-order valence-electron chi connectivity index (χ4n) is 1.14. The summed E-state index contributed by atoms with van der Waals surface area (Å²) in [6.07, 6.45) is -2.48. The number of rotatable bonds is 4. The van der Waals surface area contributed by atoms with E-state index in [0.29, 0.717) is 15.6 Å². The van der Waals surface area contributed by atoms with E-state index in [9.17, 15) is 8.78 Å². The van der Waals surface area contributed by atoms with Gasteiger partial charge in [-0.15, -0.1) is 0 Å². The normalized spacial score (nSPS) is 13.2. The SMILES string of the molecule is NNC(Cc1ccc(Cl)cc1Cl)C(F)F. The van der Waals surface area contributed by atoms with Gasteiger partial charge in [0.15, 0.2) is 0 Å². The van der Waals surface area contributed by atoms with Crippen LogP contribution in [0.15, 0.2) is 18.2 Å². The smallest absolute Gasteiger partial charge is 0.255 e. The average molecular weight is 255 g/mol. The van der Waals surface area contributed by atoms with Gasteiger partial charge in [-0.2, -0.15) is 0 Å². The van der Waals surface area contributed by atoms with Crippen LogP contribution in [0.1, 0.15) is 5.56 Å². The summed E-state index contributed by atoms with van der Waals surface area (Å²) in [5.41, 5.74) is 2.64. The molecule has 0 amide bonds. The van der Waals surface area contributed by atoms with Gasteiger partial charge in [0.05, 0.1) is 6.04 Å². The molecule has 1 atom stereocenters. The highest BCUT2D eigenvalue weighted by Gasteiger charge is 2.20. The van der Waals surface area contributed by atoms with Gasteiger partial charge in [-0.25, -0.2) is 8.78 Å². The maximum absolute atomic E-state index is 12.4. The quantitative estimate of drug-likeness (QED) is 0.641. The largest absolute Gasteiger partial charge is 0.271 e. The lowest BCUT2D eigenvalue weighted by molar-refractivity contribution is 0.0984. The van der Waals surface area contributed by atoms with E-state index in [1.165, 1.54) is 6.07 Å². The molecule has 84 valence electrons. The Morgan fingerprint density at radius 3 is 2.47 bits per heavy atom. The molecular formula is C9H10Cl2F2N2. The van der Waals surface area contributed by atoms with Crippen molar-refractivity contribution in [3.05, 3.63) is 33.8 Å². The summed E-state index contributed by atoms with van der Waals surface area (Å²) in [5, 5.41) is 0.835. The lowest BCUT2D eigenvalue weighted by Gasteiger charge is -2.15. The topological polar surface area (TPSA) is 38.0 Å². The number of hydrazine groups is 1. The maximum atomic E-state index is 12.4. The monoisotopic (exact) mass is 254 g/mol. The first-order valence-electron chi connectivity index (χ1n) is 4.22. The van der Waals surface area contributed by atoms with Gasteiger partial charge in [0.25, 0.3) is 6.43 Å². The van der Waals surface area contributed by atoms with Crippen LogP contribution >= 0.6 is 23.2 Å². The Morgan fingerprint density at radius 2 is 2.00 bits per heavy atom. The second kappa shape index (κ2) is 5.61. The van der Waals surface area contributed by atoms with Crippen LogP contribution in [-0.2, 0) is 6.42 Å². The molecule has 0 aliphatic carbocycles. The van der Waals surface area contributed by atoms with Crippen LogP contribution in [0.4, 0.5) is 8.78 Å². The fraction of sp³-hybridized carbons (Fsp3) is 0.333. The molecule has 0 fully saturated rings. The molecule has 1 aromatic carbocycles. The van der Waals surface area contributed by atoms with Gasteiger partial charge in [-0.05, 0) is 24.1 Å². The minimum Gasteiger partial charge on any atom is -0.271 e. The third kappa shape index (κ3) is 3.57. The minimum absolute atomic E-state index is 0.0597. The van der Waals surface area contributed by atoms with Gasteiger partial charge in [0.1, 0.15) is 0 Å². The first-order valence-corrected chi connectivity index (χ1v) is 4.98. The van der Waals surface area contributed by atoms with Crippen molar-refractivity contribution in [1.29, 1.82) is 0 Å². The van der Waals surface area contributed by atoms with Crippen molar-refractivity contribution in [2.24, 2.45) is 5.84 Å². The first kappa shape index (κ1) is 12.6. The molecule has 1 aromatic rings. The average Bonchev–Trinajstić information content (AvgIpc) is 2.16. The molecule has 2 nitrogen and oxygen atoms in total. The van der Waals surface area contributed by atoms with Crippen molar-refractivity contribution in [1.82, 2.24) is 5.43 Å². The van der Waals surface area contributed by atoms with E-state index in [0.717, 1.165) is 0 Å². The zero-order chi connectivity index (χ0) is 11.4. The molecule has 1 rings (SSSR count). The summed E-state index contributed by atoms with van der Waals surface area (Å²) in [4.78, 5) is 0. The second-order valence-electron chi connectivity index (χ2n) is 3.05. The second-order valence-corrected chi connectivity index (χ2v) is 3.89. The van der Waals surface area contributed by atoms with Gasteiger partial charge in [-0.1, -0.05) is 29.3 Å². The van der Waals surface area contributed by atoms with E-state index in [4.69, 9.17) is 29.0 Å². The Morgan fingerprint density at radius 1 is 1.33 bits per heavy atom. The molecule has 0 bridgehead atoms. The molecular weight excluding hydrogens is 245 g/mol. The third-order valence-electron chi connectivity index (χ3n) is 1.97. The number of nitrogens with two attached hydrogens (primary N) is 1. The van der Waals surface area contributed by atoms with Crippen molar-refractivity contribution in [3.63, 3.8) is 0 Å². The van der Waals surface area contributed by atoms with Gasteiger partial charge >= 0.3 is 0 Å². The van der Waals surface area contributed by atoms with Crippen molar-refractivity contribution >= 4 is 23.2 Å². The van der Waals surface area contributed by atoms with Crippen LogP contribution in [0, 0.1) is 0 Å². The summed E-state index contributed by atoms with van der Waals surface area (Å²) in [6, 6.07) is 3.61. The number of hydrogen-bond acceptors (Lipinski definition) is 2. The van der Waals surface area contributed by atoms with Gasteiger partial charge < -0.3 is 0 Å². The van der Waals surface area contributed by atoms with Crippen molar-refractivity contribution in [3.8, 4) is 0 Å². The maximum Gasteiger partial charge on any atom is 0.255 e. The van der Waals surface area contributed by atoms with Crippen molar-refractivity contribution in [2.45, 2.75) is 18.9 Å². The van der Waals surface area contributed by atoms with E-state index in [1.807, 2.05) is 0 Å². The molecule has 0 saturated carbocycles. The number of hydrogen-bond donors (Lipinski definition) is 2. The van der Waals surface area contributed by atoms with Gasteiger partial charge in [-0.3, -0.25) is 11.3 Å². The zero-order valence-corrected chi connectivity index (χ0v) is 9.19. The summed E-state index contributed by atoms with van der Waals surface area (Å²) >= 11 is 11.5. The molecule has 3 N–H and O–H groups in total. The fourth-order valence-corrected chi connectivity index (χ4v) is 1.63. The summed E-state index contributed by atoms with van der Waals surface area (Å²) in [7, 11) is 0. The van der Waals surface area contributed by atoms with E-state index >= 15 is 0 Å². The summed E-state index contributed by atoms with van der Waals surface area (Å²) < 4.78 is 24.8. The highest BCUT2D eigenvalue weighted by Crippen LogP contribution is 2.22. The van der Waals surface area contributed by atoms with Crippen LogP contribution in [0.25, 0.3) is 0 Å². The van der Waals surface area contributed by atoms with Crippen LogP contribution in [0.5, 0.6) is 0 Å². The lowest BCUT2D eigenvalue weighted by Crippen LogP contribution is -2.42. The van der Waals surface area contributed by atoms with Crippen LogP contribution in [0.3, 0.4) is 0 Å². The highest BCUT2D eigenvalue weighted by atomic mass is 35.5. The van der Waals surface area contributed by atoms with Crippen LogP contribution < -0.4 is 11.3 Å². The zero-order valence-electron chi connectivity index (χ0n) is 7.68. The predicted octanol–water partition coefficient (Wildman–Crippen LogP) is 2.63. The number of halogens is 4. The summed E-state index contributed by atoms with van der Waals surface area (Å²) in [5.74, 6) is 5.00. The highest BCUT2D eigenvalue weighted by molar-refractivity contribution is 6.35. The van der Waals surface area contributed by atoms with Crippen LogP contribution in [-0.4, -0.2) is 12.5 Å². The number of nitrogens with one attached hydrogen (secondary N) is 1. The molecule has 0 aliphatic heterocycles. The van der Waals surface area contributed by atoms with Crippen molar-refractivity contribution in [2.75, 3.05) is 0 Å².